The number of benzene rings is 22. The van der Waals surface area contributed by atoms with Crippen LogP contribution in [0, 0.1) is 17.5 Å². The van der Waals surface area contributed by atoms with Crippen molar-refractivity contribution in [3.63, 3.8) is 0 Å². The number of furan rings is 6. The molecule has 150 heavy (non-hydrogen) atoms. The molecule has 0 aliphatic rings. The number of hydrogen-bond donors (Lipinski definition) is 0. The van der Waals surface area contributed by atoms with Crippen molar-refractivity contribution < 1.29 is 51.3 Å². The predicted octanol–water partition coefficient (Wildman–Crippen LogP) is 36.0. The number of halogens is 3. The van der Waals surface area contributed by atoms with E-state index in [0.717, 1.165) is 161 Å². The average molecular weight is 1970 g/mol. The highest BCUT2D eigenvalue weighted by molar-refractivity contribution is 7.20. The molecule has 15 heteroatoms. The molecule has 0 saturated carbocycles. The summed E-state index contributed by atoms with van der Waals surface area (Å²) in [5.41, 5.74) is 19.1. The van der Waals surface area contributed by atoms with Gasteiger partial charge in [0.05, 0.1) is 45.6 Å². The van der Waals surface area contributed by atoms with E-state index in [1.165, 1.54) is 66.2 Å². The van der Waals surface area contributed by atoms with Crippen LogP contribution in [-0.2, 0) is 0 Å². The van der Waals surface area contributed by atoms with Crippen molar-refractivity contribution in [1.29, 1.82) is 0 Å². The Morgan fingerprint density at radius 1 is 0.233 bits per heavy atom. The summed E-state index contributed by atoms with van der Waals surface area (Å²) in [4.78, 5) is 10.3. The van der Waals surface area contributed by atoms with Gasteiger partial charge in [0, 0.05) is 107 Å². The van der Waals surface area contributed by atoms with Crippen molar-refractivity contribution in [2.45, 2.75) is 0 Å². The van der Waals surface area contributed by atoms with Crippen LogP contribution in [0.5, 0.6) is 11.5 Å². The summed E-state index contributed by atoms with van der Waals surface area (Å²) >= 11 is 0. The Bertz CT molecular complexity index is 10400. The monoisotopic (exact) mass is 1960 g/mol. The number of aromatic nitrogens is 1. The van der Waals surface area contributed by atoms with E-state index in [0.29, 0.717) is 56.6 Å². The second-order valence-electron chi connectivity index (χ2n) is 37.0. The Hall–Kier alpha value is -19.7. The van der Waals surface area contributed by atoms with Gasteiger partial charge in [0.15, 0.2) is 24.8 Å². The van der Waals surface area contributed by atoms with E-state index in [2.05, 4.69) is 288 Å². The molecule has 0 spiro atoms. The molecule has 0 radical (unpaired) electrons. The molecular formula is C135H85F3N4O7Si. The number of hydrogen-bond acceptors (Lipinski definition) is 11. The van der Waals surface area contributed by atoms with Crippen LogP contribution < -0.4 is 40.2 Å². The number of para-hydroxylation sites is 8. The molecule has 0 saturated heterocycles. The van der Waals surface area contributed by atoms with Crippen molar-refractivity contribution in [2.24, 2.45) is 0 Å². The number of pyridine rings is 1. The van der Waals surface area contributed by atoms with Crippen LogP contribution in [0.2, 0.25) is 0 Å². The third kappa shape index (κ3) is 15.7. The first-order valence-corrected chi connectivity index (χ1v) is 51.4. The first-order valence-electron chi connectivity index (χ1n) is 51.9. The number of fused-ring (bicyclic) bond motifs is 22. The molecule has 11 nitrogen and oxygen atoms in total. The van der Waals surface area contributed by atoms with Crippen LogP contribution in [0.1, 0.15) is 6.85 Å². The molecule has 29 aromatic rings. The van der Waals surface area contributed by atoms with E-state index in [-0.39, 0.29) is 11.3 Å². The molecule has 0 aliphatic heterocycles. The highest BCUT2D eigenvalue weighted by Gasteiger charge is 2.42. The predicted molar refractivity (Wildman–Crippen MR) is 609 cm³/mol. The van der Waals surface area contributed by atoms with Crippen LogP contribution in [-0.4, -0.2) is 13.1 Å². The summed E-state index contributed by atoms with van der Waals surface area (Å²) < 4.78 is 132. The van der Waals surface area contributed by atoms with Crippen LogP contribution in [0.25, 0.3) is 176 Å². The van der Waals surface area contributed by atoms with E-state index < -0.39 is 61.3 Å². The van der Waals surface area contributed by atoms with Crippen LogP contribution in [0.15, 0.2) is 542 Å². The lowest BCUT2D eigenvalue weighted by Gasteiger charge is -2.35. The lowest BCUT2D eigenvalue weighted by Crippen LogP contribution is -2.74. The molecule has 0 unspecified atom stereocenters. The third-order valence-corrected chi connectivity index (χ3v) is 33.2. The van der Waals surface area contributed by atoms with Gasteiger partial charge in [-0.2, -0.15) is 0 Å². The average Bonchev–Trinajstić information content (AvgIpc) is 1.69. The van der Waals surface area contributed by atoms with E-state index in [9.17, 15) is 13.2 Å². The fourth-order valence-corrected chi connectivity index (χ4v) is 26.3. The quantitative estimate of drug-likeness (QED) is 0.0605. The standard InChI is InChI=1S/C58H39NO2Si.C41H26N2O3.C36H20F3NO2/c1-4-18-46(19-5-1)62(47-20-6-2-7-21-47,48-22-8-3-9-23-48)49-36-34-45(35-37-49)59(44-32-30-41(31-33-44)43-29-28-40-16-10-11-17-42(40)38-43)53-39-52-50-24-12-14-26-54(50)60-57(52)56-51-25-13-15-27-55(51)61-58(53)56;1-2-8-31(9-3-1)44-32-20-18-30(19-21-32)43(29-16-14-27(15-17-29)28-22-24-42-25-23-28)36-26-35-33-10-4-6-12-37(33)45-40(35)39-34-11-5-7-13-38(34)46-41(36)39;37-22-18-28(38)33(29(39)19-22)21-14-16-24(17-15-21)40(23-8-2-1-3-9-23)30-20-27-25-10-4-6-12-31(25)41-35(27)34-26-11-5-7-13-32(26)42-36(30)34/h1-39H;1-26H;1-20H/i;;1D,2D,3D,8D,9D. The SMILES string of the molecule is [2H]c1c([2H])c([2H])c(N(c2ccc(-c3c(F)cc(F)cc3F)cc2)c2cc3c4ccccc4oc3c3c2oc2ccccc23)c([2H])c1[2H].c1ccc(Oc2ccc(N(c3ccc(-c4ccncc4)cc3)c3cc4c5ccccc5oc4c4c3oc3ccccc34)cc2)cc1.c1ccc([Si](c2ccccc2)(c2ccccc2)c2ccc(N(c3ccc(-c4ccc5ccccc5c4)cc3)c3cc4c5ccccc5oc4c4c3oc3ccccc34)cc2)cc1. The summed E-state index contributed by atoms with van der Waals surface area (Å²) in [6.07, 6.45) is 3.63. The van der Waals surface area contributed by atoms with E-state index in [1.54, 1.807) is 12.1 Å². The first-order chi connectivity index (χ1) is 76.2. The Kier molecular flexibility index (Phi) is 20.9. The Labute approximate surface area is 865 Å². The van der Waals surface area contributed by atoms with Gasteiger partial charge in [0.1, 0.15) is 79.2 Å². The summed E-state index contributed by atoms with van der Waals surface area (Å²) in [5.74, 6) is -1.67. The second-order valence-corrected chi connectivity index (χ2v) is 40.8. The zero-order valence-electron chi connectivity index (χ0n) is 85.0. The maximum atomic E-state index is 14.7. The van der Waals surface area contributed by atoms with Gasteiger partial charge in [-0.05, 0) is 229 Å². The third-order valence-electron chi connectivity index (χ3n) is 28.4. The smallest absolute Gasteiger partial charge is 0.179 e. The van der Waals surface area contributed by atoms with Crippen molar-refractivity contribution in [1.82, 2.24) is 4.98 Å². The summed E-state index contributed by atoms with van der Waals surface area (Å²) in [7, 11) is -2.75. The van der Waals surface area contributed by atoms with Crippen molar-refractivity contribution >= 4 is 222 Å². The molecule has 0 bridgehead atoms. The van der Waals surface area contributed by atoms with Gasteiger partial charge in [-0.3, -0.25) is 4.98 Å². The van der Waals surface area contributed by atoms with E-state index in [4.69, 9.17) is 38.1 Å². The fourth-order valence-electron chi connectivity index (χ4n) is 21.6. The van der Waals surface area contributed by atoms with Crippen LogP contribution in [0.3, 0.4) is 0 Å². The Morgan fingerprint density at radius 3 is 0.947 bits per heavy atom. The number of ether oxygens (including phenoxy) is 1. The Balaban J connectivity index is 0.000000115. The Morgan fingerprint density at radius 2 is 0.533 bits per heavy atom. The van der Waals surface area contributed by atoms with Gasteiger partial charge in [-0.1, -0.05) is 321 Å². The molecule has 0 N–H and O–H groups in total. The highest BCUT2D eigenvalue weighted by atomic mass is 28.3. The van der Waals surface area contributed by atoms with Gasteiger partial charge in [0.25, 0.3) is 0 Å². The second kappa shape index (κ2) is 37.5. The molecule has 7 aromatic heterocycles. The molecule has 712 valence electrons. The number of nitrogens with zero attached hydrogens (tertiary/aromatic N) is 4. The fraction of sp³-hybridized carbons (Fsp3) is 0. The number of anilines is 9. The maximum absolute atomic E-state index is 14.7. The van der Waals surface area contributed by atoms with Crippen molar-refractivity contribution in [3.05, 3.63) is 533 Å². The van der Waals surface area contributed by atoms with Gasteiger partial charge in [-0.15, -0.1) is 0 Å². The molecule has 7 heterocycles. The highest BCUT2D eigenvalue weighted by Crippen LogP contribution is 2.54. The van der Waals surface area contributed by atoms with E-state index >= 15 is 0 Å². The van der Waals surface area contributed by atoms with Crippen molar-refractivity contribution in [3.8, 4) is 44.9 Å². The van der Waals surface area contributed by atoms with Gasteiger partial charge >= 0.3 is 0 Å². The van der Waals surface area contributed by atoms with Gasteiger partial charge in [-0.25, -0.2) is 13.2 Å². The van der Waals surface area contributed by atoms with Crippen molar-refractivity contribution in [2.75, 3.05) is 14.7 Å². The van der Waals surface area contributed by atoms with Gasteiger partial charge in [0.2, 0.25) is 0 Å². The summed E-state index contributed by atoms with van der Waals surface area (Å²) in [6, 6.07) is 156. The molecule has 0 fully saturated rings. The van der Waals surface area contributed by atoms with E-state index in [1.807, 2.05) is 164 Å². The normalized spacial score (nSPS) is 12.2. The van der Waals surface area contributed by atoms with Gasteiger partial charge < -0.3 is 45.9 Å². The topological polar surface area (TPSA) is 111 Å². The molecule has 29 rings (SSSR count). The molecule has 0 aliphatic carbocycles. The lowest BCUT2D eigenvalue weighted by atomic mass is 10.0. The minimum absolute atomic E-state index is 0.106. The maximum Gasteiger partial charge on any atom is 0.179 e. The molecule has 22 aromatic carbocycles. The lowest BCUT2D eigenvalue weighted by molar-refractivity contribution is 0.483. The zero-order chi connectivity index (χ0) is 104. The minimum atomic E-state index is -2.75. The van der Waals surface area contributed by atoms with Crippen LogP contribution in [0.4, 0.5) is 64.4 Å². The molecule has 0 amide bonds. The molecule has 0 atom stereocenters. The van der Waals surface area contributed by atoms with Crippen LogP contribution >= 0.6 is 0 Å². The summed E-state index contributed by atoms with van der Waals surface area (Å²) in [6.45, 7) is 0. The summed E-state index contributed by atoms with van der Waals surface area (Å²) in [5, 5.41) is 18.8. The minimum Gasteiger partial charge on any atom is -0.457 e. The zero-order valence-corrected chi connectivity index (χ0v) is 81.0. The molecular weight excluding hydrogens is 1870 g/mol. The number of rotatable bonds is 18. The largest absolute Gasteiger partial charge is 0.457 e. The first kappa shape index (κ1) is 83.7.